The van der Waals surface area contributed by atoms with Crippen LogP contribution in [0.4, 0.5) is 0 Å². The number of methoxy groups -OCH3 is 1. The highest BCUT2D eigenvalue weighted by Gasteiger charge is 2.31. The molecule has 0 aliphatic carbocycles. The van der Waals surface area contributed by atoms with E-state index in [1.165, 1.54) is 23.5 Å². The van der Waals surface area contributed by atoms with Crippen molar-refractivity contribution in [2.75, 3.05) is 20.2 Å². The Balaban J connectivity index is 1.57. The molecule has 38 heavy (non-hydrogen) atoms. The molecule has 2 heterocycles. The molecule has 0 saturated carbocycles. The molecule has 4 rings (SSSR count). The van der Waals surface area contributed by atoms with Gasteiger partial charge >= 0.3 is 0 Å². The molecule has 1 atom stereocenters. The number of hydrogen-bond donors (Lipinski definition) is 2. The summed E-state index contributed by atoms with van der Waals surface area (Å²) in [4.78, 5) is 41.0. The Labute approximate surface area is 220 Å². The van der Waals surface area contributed by atoms with E-state index in [-0.39, 0.29) is 31.3 Å². The van der Waals surface area contributed by atoms with Crippen molar-refractivity contribution >= 4 is 17.7 Å². The first kappa shape index (κ1) is 26.3. The van der Waals surface area contributed by atoms with Crippen molar-refractivity contribution in [3.63, 3.8) is 0 Å². The first-order valence-corrected chi connectivity index (χ1v) is 12.1. The standard InChI is InChI=1S/C29H29N3O6/c1-36-23-13-11-21(12-14-23)15-16-32(26(33)20-31-28(34)25-10-6-18-38-25)27(22-7-3-2-4-8-22)29(35)30-19-24-9-5-17-37-24/h2-14,17-18,27H,15-16,19-20H2,1H3,(H,30,35)(H,31,34)/t27-/m0/s1. The van der Waals surface area contributed by atoms with Crippen molar-refractivity contribution in [1.29, 1.82) is 0 Å². The molecule has 2 aromatic carbocycles. The predicted octanol–water partition coefficient (Wildman–Crippen LogP) is 3.74. The molecule has 0 saturated heterocycles. The summed E-state index contributed by atoms with van der Waals surface area (Å²) in [6, 6.07) is 22.2. The maximum Gasteiger partial charge on any atom is 0.287 e. The van der Waals surface area contributed by atoms with Crippen LogP contribution >= 0.6 is 0 Å². The lowest BCUT2D eigenvalue weighted by molar-refractivity contribution is -0.140. The first-order valence-electron chi connectivity index (χ1n) is 12.1. The Kier molecular flexibility index (Phi) is 8.96. The van der Waals surface area contributed by atoms with Gasteiger partial charge < -0.3 is 29.1 Å². The highest BCUT2D eigenvalue weighted by atomic mass is 16.5. The average Bonchev–Trinajstić information content (AvgIpc) is 3.68. The zero-order chi connectivity index (χ0) is 26.7. The number of amides is 3. The number of benzene rings is 2. The van der Waals surface area contributed by atoms with Gasteiger partial charge in [0.15, 0.2) is 5.76 Å². The second-order valence-electron chi connectivity index (χ2n) is 8.46. The van der Waals surface area contributed by atoms with E-state index < -0.39 is 17.9 Å². The van der Waals surface area contributed by atoms with Crippen molar-refractivity contribution < 1.29 is 28.0 Å². The lowest BCUT2D eigenvalue weighted by Crippen LogP contribution is -2.48. The van der Waals surface area contributed by atoms with Gasteiger partial charge in [0, 0.05) is 6.54 Å². The van der Waals surface area contributed by atoms with Gasteiger partial charge in [-0.3, -0.25) is 14.4 Å². The number of nitrogens with one attached hydrogen (secondary N) is 2. The van der Waals surface area contributed by atoms with Crippen LogP contribution in [0.5, 0.6) is 5.75 Å². The Morgan fingerprint density at radius 2 is 1.61 bits per heavy atom. The summed E-state index contributed by atoms with van der Waals surface area (Å²) in [5, 5.41) is 5.47. The zero-order valence-corrected chi connectivity index (χ0v) is 21.0. The number of furan rings is 2. The van der Waals surface area contributed by atoms with Crippen LogP contribution in [0, 0.1) is 0 Å². The van der Waals surface area contributed by atoms with Crippen molar-refractivity contribution in [3.05, 3.63) is 114 Å². The third-order valence-corrected chi connectivity index (χ3v) is 5.96. The fraction of sp³-hybridized carbons (Fsp3) is 0.207. The van der Waals surface area contributed by atoms with Gasteiger partial charge in [-0.25, -0.2) is 0 Å². The van der Waals surface area contributed by atoms with Gasteiger partial charge in [-0.05, 0) is 53.9 Å². The summed E-state index contributed by atoms with van der Waals surface area (Å²) in [6.45, 7) is 0.0946. The van der Waals surface area contributed by atoms with Crippen LogP contribution in [0.3, 0.4) is 0 Å². The molecule has 9 nitrogen and oxygen atoms in total. The largest absolute Gasteiger partial charge is 0.497 e. The van der Waals surface area contributed by atoms with Crippen molar-refractivity contribution in [3.8, 4) is 5.75 Å². The molecule has 2 N–H and O–H groups in total. The lowest BCUT2D eigenvalue weighted by Gasteiger charge is -2.31. The fourth-order valence-corrected chi connectivity index (χ4v) is 3.98. The van der Waals surface area contributed by atoms with Crippen LogP contribution in [0.2, 0.25) is 0 Å². The molecule has 0 aliphatic rings. The second kappa shape index (κ2) is 13.0. The maximum absolute atomic E-state index is 13.6. The minimum atomic E-state index is -0.933. The van der Waals surface area contributed by atoms with E-state index in [2.05, 4.69) is 10.6 Å². The van der Waals surface area contributed by atoms with Gasteiger partial charge in [-0.1, -0.05) is 42.5 Å². The van der Waals surface area contributed by atoms with Gasteiger partial charge in [-0.2, -0.15) is 0 Å². The minimum Gasteiger partial charge on any atom is -0.497 e. The van der Waals surface area contributed by atoms with Crippen LogP contribution in [-0.4, -0.2) is 42.8 Å². The van der Waals surface area contributed by atoms with E-state index in [1.807, 2.05) is 42.5 Å². The molecule has 0 unspecified atom stereocenters. The molecular formula is C29H29N3O6. The topological polar surface area (TPSA) is 114 Å². The third-order valence-electron chi connectivity index (χ3n) is 5.96. The van der Waals surface area contributed by atoms with Crippen LogP contribution in [-0.2, 0) is 22.6 Å². The molecule has 2 aromatic heterocycles. The van der Waals surface area contributed by atoms with E-state index in [1.54, 1.807) is 37.4 Å². The molecule has 0 bridgehead atoms. The second-order valence-corrected chi connectivity index (χ2v) is 8.46. The highest BCUT2D eigenvalue weighted by Crippen LogP contribution is 2.23. The molecule has 9 heteroatoms. The molecule has 196 valence electrons. The smallest absolute Gasteiger partial charge is 0.287 e. The summed E-state index contributed by atoms with van der Waals surface area (Å²) in [7, 11) is 1.60. The normalized spacial score (nSPS) is 11.4. The fourth-order valence-electron chi connectivity index (χ4n) is 3.98. The van der Waals surface area contributed by atoms with Crippen LogP contribution < -0.4 is 15.4 Å². The third kappa shape index (κ3) is 6.91. The summed E-state index contributed by atoms with van der Waals surface area (Å²) >= 11 is 0. The van der Waals surface area contributed by atoms with E-state index in [0.717, 1.165) is 11.3 Å². The van der Waals surface area contributed by atoms with Gasteiger partial charge in [0.25, 0.3) is 5.91 Å². The van der Waals surface area contributed by atoms with Gasteiger partial charge in [0.05, 0.1) is 32.7 Å². The predicted molar refractivity (Wildman–Crippen MR) is 139 cm³/mol. The summed E-state index contributed by atoms with van der Waals surface area (Å²) < 4.78 is 15.7. The summed E-state index contributed by atoms with van der Waals surface area (Å²) in [5.41, 5.74) is 1.61. The maximum atomic E-state index is 13.6. The monoisotopic (exact) mass is 515 g/mol. The first-order chi connectivity index (χ1) is 18.5. The Morgan fingerprint density at radius 1 is 0.868 bits per heavy atom. The molecule has 0 aliphatic heterocycles. The van der Waals surface area contributed by atoms with Gasteiger partial charge in [0.2, 0.25) is 11.8 Å². The molecule has 0 radical (unpaired) electrons. The van der Waals surface area contributed by atoms with Crippen molar-refractivity contribution in [2.24, 2.45) is 0 Å². The quantitative estimate of drug-likeness (QED) is 0.297. The number of carbonyl (C=O) groups is 3. The van der Waals surface area contributed by atoms with E-state index >= 15 is 0 Å². The SMILES string of the molecule is COc1ccc(CCN(C(=O)CNC(=O)c2ccco2)[C@H](C(=O)NCc2ccco2)c2ccccc2)cc1. The van der Waals surface area contributed by atoms with Crippen molar-refractivity contribution in [1.82, 2.24) is 15.5 Å². The Bertz CT molecular complexity index is 1300. The number of carbonyl (C=O) groups excluding carboxylic acids is 3. The molecule has 4 aromatic rings. The zero-order valence-electron chi connectivity index (χ0n) is 21.0. The molecule has 0 fully saturated rings. The number of nitrogens with zero attached hydrogens (tertiary/aromatic N) is 1. The average molecular weight is 516 g/mol. The van der Waals surface area contributed by atoms with Crippen LogP contribution in [0.15, 0.2) is 100 Å². The Morgan fingerprint density at radius 3 is 2.26 bits per heavy atom. The van der Waals surface area contributed by atoms with E-state index in [4.69, 9.17) is 13.6 Å². The number of rotatable bonds is 12. The van der Waals surface area contributed by atoms with Crippen LogP contribution in [0.1, 0.15) is 33.5 Å². The number of ether oxygens (including phenoxy) is 1. The van der Waals surface area contributed by atoms with E-state index in [0.29, 0.717) is 17.7 Å². The van der Waals surface area contributed by atoms with E-state index in [9.17, 15) is 14.4 Å². The molecule has 3 amide bonds. The molecule has 0 spiro atoms. The minimum absolute atomic E-state index is 0.0957. The van der Waals surface area contributed by atoms with Crippen molar-refractivity contribution in [2.45, 2.75) is 19.0 Å². The molecular weight excluding hydrogens is 486 g/mol. The summed E-state index contributed by atoms with van der Waals surface area (Å²) in [5.74, 6) is 0.109. The van der Waals surface area contributed by atoms with Gasteiger partial charge in [-0.15, -0.1) is 0 Å². The summed E-state index contributed by atoms with van der Waals surface area (Å²) in [6.07, 6.45) is 3.39. The highest BCUT2D eigenvalue weighted by molar-refractivity contribution is 5.95. The Hall–Kier alpha value is -4.79. The van der Waals surface area contributed by atoms with Gasteiger partial charge in [0.1, 0.15) is 17.6 Å². The number of hydrogen-bond acceptors (Lipinski definition) is 6. The lowest BCUT2D eigenvalue weighted by atomic mass is 10.0. The van der Waals surface area contributed by atoms with Crippen LogP contribution in [0.25, 0.3) is 0 Å².